The Bertz CT molecular complexity index is 1460. The van der Waals surface area contributed by atoms with Crippen LogP contribution in [0.3, 0.4) is 0 Å². The lowest BCUT2D eigenvalue weighted by Crippen LogP contribution is -2.09. The molecule has 3 aromatic carbocycles. The second kappa shape index (κ2) is 8.86. The van der Waals surface area contributed by atoms with Crippen LogP contribution in [0.5, 0.6) is 0 Å². The predicted octanol–water partition coefficient (Wildman–Crippen LogP) is 4.76. The number of halogens is 2. The van der Waals surface area contributed by atoms with Gasteiger partial charge in [-0.15, -0.1) is 5.10 Å². The molecule has 1 aliphatic heterocycles. The number of aliphatic hydroxyl groups is 1. The number of rotatable bonds is 6. The lowest BCUT2D eigenvalue weighted by molar-refractivity contribution is 0.504. The minimum atomic E-state index is -0.615. The SMILES string of the molecule is C=C(O)c1ccc(C2=N[B]C(Cc3nnn(-c4ccccc4F)c3-c3ccccc3)=N2)cc1F. The van der Waals surface area contributed by atoms with Gasteiger partial charge in [-0.2, -0.15) is 0 Å². The fourth-order valence-corrected chi connectivity index (χ4v) is 3.72. The van der Waals surface area contributed by atoms with E-state index in [0.29, 0.717) is 34.8 Å². The van der Waals surface area contributed by atoms with Gasteiger partial charge in [0.25, 0.3) is 0 Å². The van der Waals surface area contributed by atoms with E-state index in [1.54, 1.807) is 31.7 Å². The van der Waals surface area contributed by atoms with Crippen LogP contribution in [-0.2, 0) is 6.42 Å². The van der Waals surface area contributed by atoms with Gasteiger partial charge < -0.3 is 10.0 Å². The van der Waals surface area contributed by atoms with Crippen LogP contribution >= 0.6 is 0 Å². The molecule has 1 aliphatic rings. The first-order valence-corrected chi connectivity index (χ1v) is 10.4. The predicted molar refractivity (Wildman–Crippen MR) is 128 cm³/mol. The van der Waals surface area contributed by atoms with Gasteiger partial charge >= 0.3 is 7.41 Å². The molecule has 0 unspecified atom stereocenters. The third-order valence-corrected chi connectivity index (χ3v) is 5.34. The Morgan fingerprint density at radius 2 is 1.71 bits per heavy atom. The summed E-state index contributed by atoms with van der Waals surface area (Å²) < 4.78 is 30.3. The van der Waals surface area contributed by atoms with Crippen LogP contribution in [0.1, 0.15) is 16.8 Å². The van der Waals surface area contributed by atoms with Crippen molar-refractivity contribution in [2.45, 2.75) is 6.42 Å². The van der Waals surface area contributed by atoms with E-state index in [4.69, 9.17) is 0 Å². The van der Waals surface area contributed by atoms with Crippen molar-refractivity contribution in [1.29, 1.82) is 0 Å². The zero-order chi connectivity index (χ0) is 23.7. The normalized spacial score (nSPS) is 12.8. The minimum absolute atomic E-state index is 0.0211. The molecule has 165 valence electrons. The third kappa shape index (κ3) is 4.03. The van der Waals surface area contributed by atoms with Gasteiger partial charge in [0.05, 0.1) is 17.0 Å². The summed E-state index contributed by atoms with van der Waals surface area (Å²) in [6, 6.07) is 20.1. The fourth-order valence-electron chi connectivity index (χ4n) is 3.72. The van der Waals surface area contributed by atoms with E-state index in [1.807, 2.05) is 30.3 Å². The molecule has 1 aromatic heterocycles. The van der Waals surface area contributed by atoms with E-state index in [1.165, 1.54) is 22.9 Å². The van der Waals surface area contributed by atoms with Crippen LogP contribution in [0.2, 0.25) is 0 Å². The first-order chi connectivity index (χ1) is 16.5. The summed E-state index contributed by atoms with van der Waals surface area (Å²) in [7, 11) is 1.59. The summed E-state index contributed by atoms with van der Waals surface area (Å²) in [5.41, 5.74) is 3.44. The summed E-state index contributed by atoms with van der Waals surface area (Å²) in [5, 5.41) is 18.0. The molecular weight excluding hydrogens is 435 g/mol. The molecule has 0 spiro atoms. The highest BCUT2D eigenvalue weighted by atomic mass is 19.1. The van der Waals surface area contributed by atoms with E-state index < -0.39 is 11.6 Å². The van der Waals surface area contributed by atoms with E-state index >= 15 is 0 Å². The van der Waals surface area contributed by atoms with Crippen LogP contribution in [0.25, 0.3) is 22.7 Å². The molecule has 0 amide bonds. The van der Waals surface area contributed by atoms with E-state index in [2.05, 4.69) is 26.8 Å². The summed E-state index contributed by atoms with van der Waals surface area (Å²) in [6.45, 7) is 3.35. The van der Waals surface area contributed by atoms with Crippen molar-refractivity contribution < 1.29 is 13.9 Å². The molecule has 1 N–H and O–H groups in total. The van der Waals surface area contributed by atoms with Gasteiger partial charge in [-0.3, -0.25) is 0 Å². The third-order valence-electron chi connectivity index (χ3n) is 5.34. The fraction of sp³-hybridized carbons (Fsp3) is 0.0400. The molecule has 0 bridgehead atoms. The average Bonchev–Trinajstić information content (AvgIpc) is 3.47. The maximum Gasteiger partial charge on any atom is 0.332 e. The second-order valence-electron chi connectivity index (χ2n) is 7.62. The number of nitrogens with zero attached hydrogens (tertiary/aromatic N) is 5. The highest BCUT2D eigenvalue weighted by Gasteiger charge is 2.22. The zero-order valence-electron chi connectivity index (χ0n) is 17.9. The summed E-state index contributed by atoms with van der Waals surface area (Å²) in [5.74, 6) is -1.04. The lowest BCUT2D eigenvalue weighted by atomic mass is 9.84. The topological polar surface area (TPSA) is 75.7 Å². The average molecular weight is 452 g/mol. The number of aliphatic imine (C=N–C) groups is 1. The molecule has 5 rings (SSSR count). The molecule has 0 aliphatic carbocycles. The highest BCUT2D eigenvalue weighted by molar-refractivity contribution is 6.78. The smallest absolute Gasteiger partial charge is 0.332 e. The lowest BCUT2D eigenvalue weighted by Gasteiger charge is -2.09. The molecule has 0 atom stereocenters. The molecule has 34 heavy (non-hydrogen) atoms. The van der Waals surface area contributed by atoms with Crippen molar-refractivity contribution in [3.63, 3.8) is 0 Å². The number of aliphatic hydroxyl groups excluding tert-OH is 1. The van der Waals surface area contributed by atoms with Gasteiger partial charge in [-0.05, 0) is 24.3 Å². The maximum atomic E-state index is 14.5. The van der Waals surface area contributed by atoms with Crippen molar-refractivity contribution in [3.8, 4) is 16.9 Å². The van der Waals surface area contributed by atoms with Gasteiger partial charge in [0.15, 0.2) is 0 Å². The Labute approximate surface area is 194 Å². The number of para-hydroxylation sites is 1. The Kier molecular flexibility index (Phi) is 5.59. The van der Waals surface area contributed by atoms with E-state index in [0.717, 1.165) is 5.56 Å². The molecule has 2 heterocycles. The first kappa shape index (κ1) is 21.5. The standard InChI is InChI=1S/C25H17BF2N5O/c1-15(34)18-12-11-17(13-20(18)28)25-29-23(26-30-25)14-21-24(16-7-3-2-4-8-16)33(32-31-21)22-10-6-5-9-19(22)27/h2-13,34H,1,14H2. The molecular formula is C25H17BF2N5O. The van der Waals surface area contributed by atoms with Gasteiger partial charge in [0.1, 0.15) is 28.9 Å². The number of aromatic nitrogens is 3. The summed E-state index contributed by atoms with van der Waals surface area (Å²) in [4.78, 5) is 8.81. The van der Waals surface area contributed by atoms with Crippen LogP contribution < -0.4 is 0 Å². The minimum Gasteiger partial charge on any atom is -0.508 e. The van der Waals surface area contributed by atoms with Gasteiger partial charge in [0, 0.05) is 23.2 Å². The molecule has 0 saturated heterocycles. The molecule has 6 nitrogen and oxygen atoms in total. The summed E-state index contributed by atoms with van der Waals surface area (Å²) in [6.07, 6.45) is 0.291. The Balaban J connectivity index is 1.48. The van der Waals surface area contributed by atoms with Crippen molar-refractivity contribution in [1.82, 2.24) is 15.0 Å². The molecule has 4 aromatic rings. The highest BCUT2D eigenvalue weighted by Crippen LogP contribution is 2.27. The van der Waals surface area contributed by atoms with Crippen molar-refractivity contribution in [2.24, 2.45) is 9.90 Å². The van der Waals surface area contributed by atoms with Crippen LogP contribution in [0.15, 0.2) is 89.3 Å². The van der Waals surface area contributed by atoms with Crippen LogP contribution in [0.4, 0.5) is 8.78 Å². The van der Waals surface area contributed by atoms with Gasteiger partial charge in [-0.1, -0.05) is 60.3 Å². The number of hydrogen-bond acceptors (Lipinski definition) is 5. The quantitative estimate of drug-likeness (QED) is 0.339. The number of benzene rings is 3. The van der Waals surface area contributed by atoms with E-state index in [9.17, 15) is 13.9 Å². The maximum absolute atomic E-state index is 14.5. The molecule has 1 radical (unpaired) electrons. The van der Waals surface area contributed by atoms with Crippen molar-refractivity contribution in [2.75, 3.05) is 0 Å². The Hall–Kier alpha value is -4.40. The van der Waals surface area contributed by atoms with Crippen LogP contribution in [-0.4, -0.2) is 39.0 Å². The molecule has 0 fully saturated rings. The first-order valence-electron chi connectivity index (χ1n) is 10.4. The second-order valence-corrected chi connectivity index (χ2v) is 7.62. The van der Waals surface area contributed by atoms with Gasteiger partial charge in [-0.25, -0.2) is 18.5 Å². The van der Waals surface area contributed by atoms with E-state index in [-0.39, 0.29) is 17.0 Å². The zero-order valence-corrected chi connectivity index (χ0v) is 17.9. The largest absolute Gasteiger partial charge is 0.508 e. The van der Waals surface area contributed by atoms with Gasteiger partial charge in [0.2, 0.25) is 0 Å². The number of amidine groups is 1. The summed E-state index contributed by atoms with van der Waals surface area (Å²) >= 11 is 0. The Morgan fingerprint density at radius 3 is 2.44 bits per heavy atom. The van der Waals surface area contributed by atoms with Crippen molar-refractivity contribution in [3.05, 3.63) is 108 Å². The van der Waals surface area contributed by atoms with Crippen LogP contribution in [0, 0.1) is 11.6 Å². The Morgan fingerprint density at radius 1 is 0.941 bits per heavy atom. The van der Waals surface area contributed by atoms with Crippen molar-refractivity contribution >= 4 is 24.6 Å². The number of hydrogen-bond donors (Lipinski definition) is 1. The molecule has 0 saturated carbocycles. The monoisotopic (exact) mass is 452 g/mol. The molecule has 9 heteroatoms.